The molecule has 0 saturated carbocycles. The zero-order valence-electron chi connectivity index (χ0n) is 18.6. The van der Waals surface area contributed by atoms with Crippen LogP contribution in [0.5, 0.6) is 0 Å². The van der Waals surface area contributed by atoms with Crippen molar-refractivity contribution in [3.63, 3.8) is 0 Å². The number of aryl methyl sites for hydroxylation is 1. The van der Waals surface area contributed by atoms with Gasteiger partial charge in [0.2, 0.25) is 0 Å². The first-order valence-corrected chi connectivity index (χ1v) is 10.6. The summed E-state index contributed by atoms with van der Waals surface area (Å²) in [5, 5.41) is 3.52. The number of hydrogen-bond donors (Lipinski definition) is 3. The normalized spacial score (nSPS) is 14.1. The van der Waals surface area contributed by atoms with Crippen molar-refractivity contribution in [3.8, 4) is 0 Å². The second-order valence-corrected chi connectivity index (χ2v) is 7.47. The summed E-state index contributed by atoms with van der Waals surface area (Å²) in [7, 11) is 2.11. The van der Waals surface area contributed by atoms with Gasteiger partial charge in [0.25, 0.3) is 0 Å². The molecule has 0 radical (unpaired) electrons. The Bertz CT molecular complexity index is 698. The predicted molar refractivity (Wildman–Crippen MR) is 128 cm³/mol. The molecule has 0 fully saturated rings. The van der Waals surface area contributed by atoms with Crippen LogP contribution in [0.3, 0.4) is 0 Å². The predicted octanol–water partition coefficient (Wildman–Crippen LogP) is 4.70. The second kappa shape index (κ2) is 13.7. The van der Waals surface area contributed by atoms with E-state index in [-0.39, 0.29) is 0 Å². The summed E-state index contributed by atoms with van der Waals surface area (Å²) in [5.41, 5.74) is 18.2. The minimum absolute atomic E-state index is 0.891. The van der Waals surface area contributed by atoms with E-state index in [2.05, 4.69) is 80.3 Å². The summed E-state index contributed by atoms with van der Waals surface area (Å²) >= 11 is 0. The van der Waals surface area contributed by atoms with Crippen molar-refractivity contribution in [2.75, 3.05) is 26.7 Å². The summed E-state index contributed by atoms with van der Waals surface area (Å²) in [5.74, 6) is 0. The van der Waals surface area contributed by atoms with E-state index in [1.807, 2.05) is 0 Å². The molecule has 160 valence electrons. The number of nitrogens with two attached hydrogens (primary N) is 2. The molecule has 4 heteroatoms. The minimum Gasteiger partial charge on any atom is -0.405 e. The van der Waals surface area contributed by atoms with Crippen molar-refractivity contribution >= 4 is 5.57 Å². The van der Waals surface area contributed by atoms with Gasteiger partial charge in [0, 0.05) is 38.1 Å². The quantitative estimate of drug-likeness (QED) is 0.529. The van der Waals surface area contributed by atoms with Crippen molar-refractivity contribution < 1.29 is 0 Å². The van der Waals surface area contributed by atoms with Crippen molar-refractivity contribution in [2.45, 2.75) is 46.0 Å². The Hall–Kier alpha value is -2.46. The number of likely N-dealkylation sites (N-methyl/N-ethyl adjacent to an activating group) is 1. The molecule has 2 rings (SSSR count). The molecule has 0 aliphatic heterocycles. The van der Waals surface area contributed by atoms with E-state index in [0.29, 0.717) is 0 Å². The molecule has 0 bridgehead atoms. The maximum absolute atomic E-state index is 6.18. The maximum atomic E-state index is 6.18. The van der Waals surface area contributed by atoms with Crippen molar-refractivity contribution in [3.05, 3.63) is 77.8 Å². The summed E-state index contributed by atoms with van der Waals surface area (Å²) in [6.07, 6.45) is 9.13. The van der Waals surface area contributed by atoms with Crippen LogP contribution in [-0.4, -0.2) is 31.6 Å². The van der Waals surface area contributed by atoms with Crippen LogP contribution in [0.1, 0.15) is 50.2 Å². The van der Waals surface area contributed by atoms with Gasteiger partial charge in [-0.05, 0) is 61.9 Å². The van der Waals surface area contributed by atoms with Crippen molar-refractivity contribution in [1.82, 2.24) is 10.2 Å². The molecule has 0 amide bonds. The van der Waals surface area contributed by atoms with Crippen LogP contribution in [0.4, 0.5) is 0 Å². The lowest BCUT2D eigenvalue weighted by atomic mass is 9.94. The van der Waals surface area contributed by atoms with Crippen LogP contribution in [-0.2, 0) is 0 Å². The van der Waals surface area contributed by atoms with Crippen molar-refractivity contribution in [2.24, 2.45) is 11.5 Å². The van der Waals surface area contributed by atoms with Crippen LogP contribution in [0, 0.1) is 6.92 Å². The highest BCUT2D eigenvalue weighted by atomic mass is 15.1. The van der Waals surface area contributed by atoms with Gasteiger partial charge in [-0.3, -0.25) is 0 Å². The van der Waals surface area contributed by atoms with Gasteiger partial charge in [-0.15, -0.1) is 0 Å². The molecule has 0 heterocycles. The highest BCUT2D eigenvalue weighted by Gasteiger charge is 2.15. The van der Waals surface area contributed by atoms with E-state index >= 15 is 0 Å². The van der Waals surface area contributed by atoms with Gasteiger partial charge in [0.1, 0.15) is 0 Å². The first-order valence-electron chi connectivity index (χ1n) is 10.6. The van der Waals surface area contributed by atoms with Gasteiger partial charge >= 0.3 is 0 Å². The van der Waals surface area contributed by atoms with Crippen LogP contribution < -0.4 is 16.8 Å². The lowest BCUT2D eigenvalue weighted by Crippen LogP contribution is -2.30. The number of hydrogen-bond acceptors (Lipinski definition) is 4. The van der Waals surface area contributed by atoms with Crippen LogP contribution >= 0.6 is 0 Å². The fraction of sp³-hybridized carbons (Fsp3) is 0.440. The summed E-state index contributed by atoms with van der Waals surface area (Å²) in [6.45, 7) is 14.5. The third-order valence-electron chi connectivity index (χ3n) is 5.24. The first kappa shape index (κ1) is 24.6. The molecule has 0 aromatic heterocycles. The Morgan fingerprint density at radius 1 is 1.21 bits per heavy atom. The standard InChI is InChI=1S/C23H35N3.C2H5N/c1-5-20(21-12-10-18(2)11-13-21)14-15-25-16-17-26(4)19(3)22-8-6-7-9-23(22)24;1-2-3/h10-14,25H,3,5-9,15-17,24H2,1-2,4H3;2H,1,3H2/b20-14+;. The number of rotatable bonds is 9. The first-order chi connectivity index (χ1) is 13.9. The topological polar surface area (TPSA) is 67.3 Å². The summed E-state index contributed by atoms with van der Waals surface area (Å²) < 4.78 is 0. The van der Waals surface area contributed by atoms with Gasteiger partial charge in [0.05, 0.1) is 0 Å². The third kappa shape index (κ3) is 8.61. The molecule has 1 aromatic carbocycles. The van der Waals surface area contributed by atoms with E-state index in [9.17, 15) is 0 Å². The molecule has 29 heavy (non-hydrogen) atoms. The summed E-state index contributed by atoms with van der Waals surface area (Å²) in [6, 6.07) is 8.78. The van der Waals surface area contributed by atoms with E-state index in [1.54, 1.807) is 0 Å². The monoisotopic (exact) mass is 396 g/mol. The van der Waals surface area contributed by atoms with Gasteiger partial charge in [-0.25, -0.2) is 0 Å². The van der Waals surface area contributed by atoms with Crippen molar-refractivity contribution in [1.29, 1.82) is 0 Å². The smallest absolute Gasteiger partial charge is 0.0340 e. The largest absolute Gasteiger partial charge is 0.405 e. The molecule has 0 saturated heterocycles. The minimum atomic E-state index is 0.891. The number of nitrogens with one attached hydrogen (secondary N) is 1. The lowest BCUT2D eigenvalue weighted by molar-refractivity contribution is 0.413. The summed E-state index contributed by atoms with van der Waals surface area (Å²) in [4.78, 5) is 2.23. The Morgan fingerprint density at radius 2 is 1.83 bits per heavy atom. The molecule has 0 spiro atoms. The lowest BCUT2D eigenvalue weighted by Gasteiger charge is -2.27. The SMILES string of the molecule is C=C(C1=C(N)CCCC1)N(C)CCNC/C=C(\CC)c1ccc(C)cc1.C=CN. The fourth-order valence-corrected chi connectivity index (χ4v) is 3.40. The third-order valence-corrected chi connectivity index (χ3v) is 5.24. The van der Waals surface area contributed by atoms with E-state index in [0.717, 1.165) is 50.3 Å². The zero-order chi connectivity index (χ0) is 21.6. The Morgan fingerprint density at radius 3 is 2.41 bits per heavy atom. The average Bonchev–Trinajstić information content (AvgIpc) is 2.72. The number of nitrogens with zero attached hydrogens (tertiary/aromatic N) is 1. The van der Waals surface area contributed by atoms with Crippen LogP contribution in [0.2, 0.25) is 0 Å². The van der Waals surface area contributed by atoms with Crippen LogP contribution in [0.25, 0.3) is 5.57 Å². The average molecular weight is 397 g/mol. The number of allylic oxidation sites excluding steroid dienone is 3. The van der Waals surface area contributed by atoms with Gasteiger partial charge in [-0.2, -0.15) is 0 Å². The molecule has 0 atom stereocenters. The second-order valence-electron chi connectivity index (χ2n) is 7.47. The highest BCUT2D eigenvalue weighted by Crippen LogP contribution is 2.27. The molecule has 1 aliphatic carbocycles. The van der Waals surface area contributed by atoms with Gasteiger partial charge < -0.3 is 21.7 Å². The molecule has 1 aromatic rings. The molecular weight excluding hydrogens is 356 g/mol. The molecule has 0 unspecified atom stereocenters. The Kier molecular flexibility index (Phi) is 11.6. The molecule has 5 N–H and O–H groups in total. The Balaban J connectivity index is 0.00000132. The van der Waals surface area contributed by atoms with Gasteiger partial charge in [0.15, 0.2) is 0 Å². The van der Waals surface area contributed by atoms with E-state index < -0.39 is 0 Å². The number of benzene rings is 1. The van der Waals surface area contributed by atoms with E-state index in [4.69, 9.17) is 5.73 Å². The zero-order valence-corrected chi connectivity index (χ0v) is 18.6. The molecular formula is C25H40N4. The molecule has 1 aliphatic rings. The Labute approximate surface area is 178 Å². The van der Waals surface area contributed by atoms with Gasteiger partial charge in [-0.1, -0.05) is 56.0 Å². The van der Waals surface area contributed by atoms with Crippen LogP contribution in [0.15, 0.2) is 66.7 Å². The fourth-order valence-electron chi connectivity index (χ4n) is 3.40. The van der Waals surface area contributed by atoms with E-state index in [1.165, 1.54) is 41.3 Å². The maximum Gasteiger partial charge on any atom is 0.0340 e. The molecule has 4 nitrogen and oxygen atoms in total. The highest BCUT2D eigenvalue weighted by molar-refractivity contribution is 5.65.